The van der Waals surface area contributed by atoms with Gasteiger partial charge in [-0.25, -0.2) is 0 Å². The Labute approximate surface area is 78.4 Å². The van der Waals surface area contributed by atoms with Crippen molar-refractivity contribution >= 4 is 0 Å². The zero-order chi connectivity index (χ0) is 10.1. The van der Waals surface area contributed by atoms with Gasteiger partial charge in [0.1, 0.15) is 0 Å². The van der Waals surface area contributed by atoms with Crippen molar-refractivity contribution in [1.82, 2.24) is 9.78 Å². The van der Waals surface area contributed by atoms with Crippen LogP contribution in [0.3, 0.4) is 0 Å². The van der Waals surface area contributed by atoms with E-state index in [1.165, 1.54) is 0 Å². The summed E-state index contributed by atoms with van der Waals surface area (Å²) in [4.78, 5) is 0. The fourth-order valence-electron chi connectivity index (χ4n) is 1.35. The molecule has 0 saturated carbocycles. The van der Waals surface area contributed by atoms with Gasteiger partial charge in [-0.3, -0.25) is 4.68 Å². The Bertz CT molecular complexity index is 289. The Balaban J connectivity index is 3.12. The van der Waals surface area contributed by atoms with Gasteiger partial charge >= 0.3 is 0 Å². The van der Waals surface area contributed by atoms with E-state index >= 15 is 0 Å². The largest absolute Gasteiger partial charge is 0.395 e. The molecule has 0 radical (unpaired) electrons. The average molecular weight is 183 g/mol. The van der Waals surface area contributed by atoms with Crippen molar-refractivity contribution in [2.45, 2.75) is 19.3 Å². The zero-order valence-corrected chi connectivity index (χ0v) is 8.41. The van der Waals surface area contributed by atoms with Gasteiger partial charge in [-0.2, -0.15) is 5.10 Å². The molecule has 0 aliphatic carbocycles. The van der Waals surface area contributed by atoms with E-state index in [0.29, 0.717) is 6.54 Å². The Morgan fingerprint density at radius 1 is 1.69 bits per heavy atom. The molecule has 1 atom stereocenters. The van der Waals surface area contributed by atoms with Crippen molar-refractivity contribution in [1.29, 1.82) is 0 Å². The molecule has 0 aromatic carbocycles. The van der Waals surface area contributed by atoms with Crippen LogP contribution in [0.4, 0.5) is 0 Å². The van der Waals surface area contributed by atoms with Crippen LogP contribution in [0.5, 0.6) is 0 Å². The molecular weight excluding hydrogens is 166 g/mol. The predicted molar refractivity (Wildman–Crippen MR) is 51.4 cm³/mol. The first kappa shape index (κ1) is 10.2. The van der Waals surface area contributed by atoms with Crippen LogP contribution in [0.1, 0.15) is 18.2 Å². The van der Waals surface area contributed by atoms with E-state index in [-0.39, 0.29) is 12.0 Å². The van der Waals surface area contributed by atoms with Crippen molar-refractivity contribution in [3.8, 4) is 0 Å². The number of hydrogen-bond acceptors (Lipinski definition) is 3. The van der Waals surface area contributed by atoms with Crippen LogP contribution in [0.15, 0.2) is 6.20 Å². The summed E-state index contributed by atoms with van der Waals surface area (Å²) < 4.78 is 1.79. The lowest BCUT2D eigenvalue weighted by Crippen LogP contribution is -2.35. The van der Waals surface area contributed by atoms with Gasteiger partial charge in [0.15, 0.2) is 0 Å². The van der Waals surface area contributed by atoms with E-state index in [1.54, 1.807) is 10.9 Å². The molecule has 1 unspecified atom stereocenters. The summed E-state index contributed by atoms with van der Waals surface area (Å²) in [5.41, 5.74) is 7.35. The number of nitrogens with two attached hydrogens (primary N) is 1. The maximum atomic E-state index is 9.26. The summed E-state index contributed by atoms with van der Waals surface area (Å²) in [5, 5.41) is 13.4. The highest BCUT2D eigenvalue weighted by Gasteiger charge is 2.27. The predicted octanol–water partition coefficient (Wildman–Crippen LogP) is -0.0628. The van der Waals surface area contributed by atoms with E-state index in [9.17, 15) is 5.11 Å². The molecule has 1 aromatic rings. The van der Waals surface area contributed by atoms with Crippen molar-refractivity contribution < 1.29 is 5.11 Å². The highest BCUT2D eigenvalue weighted by molar-refractivity contribution is 5.26. The second kappa shape index (κ2) is 3.47. The Morgan fingerprint density at radius 2 is 2.31 bits per heavy atom. The molecule has 74 valence electrons. The Kier molecular flexibility index (Phi) is 2.73. The molecule has 3 N–H and O–H groups in total. The third kappa shape index (κ3) is 1.59. The molecule has 0 bridgehead atoms. The summed E-state index contributed by atoms with van der Waals surface area (Å²) in [5.74, 6) is 0. The number of aliphatic hydroxyl groups is 1. The lowest BCUT2D eigenvalue weighted by molar-refractivity contribution is 0.209. The van der Waals surface area contributed by atoms with Crippen LogP contribution in [-0.2, 0) is 12.5 Å². The molecule has 1 rings (SSSR count). The van der Waals surface area contributed by atoms with Crippen LogP contribution < -0.4 is 5.73 Å². The number of hydrogen-bond donors (Lipinski definition) is 2. The third-order valence-electron chi connectivity index (χ3n) is 2.68. The first-order valence-corrected chi connectivity index (χ1v) is 4.35. The third-order valence-corrected chi connectivity index (χ3v) is 2.68. The van der Waals surface area contributed by atoms with E-state index < -0.39 is 0 Å². The van der Waals surface area contributed by atoms with E-state index in [0.717, 1.165) is 11.3 Å². The van der Waals surface area contributed by atoms with Crippen molar-refractivity contribution in [2.24, 2.45) is 12.8 Å². The van der Waals surface area contributed by atoms with Crippen LogP contribution in [-0.4, -0.2) is 28.0 Å². The average Bonchev–Trinajstić information content (AvgIpc) is 2.47. The molecule has 0 fully saturated rings. The summed E-state index contributed by atoms with van der Waals surface area (Å²) in [6.45, 7) is 4.40. The number of aromatic nitrogens is 2. The smallest absolute Gasteiger partial charge is 0.0538 e. The minimum absolute atomic E-state index is 0.0516. The number of rotatable bonds is 3. The summed E-state index contributed by atoms with van der Waals surface area (Å²) in [7, 11) is 1.88. The molecule has 13 heavy (non-hydrogen) atoms. The van der Waals surface area contributed by atoms with Gasteiger partial charge in [0.05, 0.1) is 12.8 Å². The molecule has 1 heterocycles. The highest BCUT2D eigenvalue weighted by Crippen LogP contribution is 2.24. The molecule has 0 amide bonds. The first-order valence-electron chi connectivity index (χ1n) is 4.35. The Hall–Kier alpha value is -0.870. The number of nitrogens with zero attached hydrogens (tertiary/aromatic N) is 2. The van der Waals surface area contributed by atoms with Gasteiger partial charge in [-0.15, -0.1) is 0 Å². The van der Waals surface area contributed by atoms with Crippen LogP contribution >= 0.6 is 0 Å². The maximum absolute atomic E-state index is 9.26. The SMILES string of the molecule is Cc1c(C(C)(CN)CO)cnn1C. The van der Waals surface area contributed by atoms with Gasteiger partial charge in [0.2, 0.25) is 0 Å². The molecule has 0 saturated heterocycles. The summed E-state index contributed by atoms with van der Waals surface area (Å²) in [6, 6.07) is 0. The van der Waals surface area contributed by atoms with Crippen LogP contribution in [0, 0.1) is 6.92 Å². The minimum Gasteiger partial charge on any atom is -0.395 e. The molecule has 1 aromatic heterocycles. The van der Waals surface area contributed by atoms with Gasteiger partial charge in [-0.1, -0.05) is 6.92 Å². The molecule has 4 heteroatoms. The number of aryl methyl sites for hydroxylation is 1. The van der Waals surface area contributed by atoms with Gasteiger partial charge < -0.3 is 10.8 Å². The fraction of sp³-hybridized carbons (Fsp3) is 0.667. The summed E-state index contributed by atoms with van der Waals surface area (Å²) in [6.07, 6.45) is 1.78. The lowest BCUT2D eigenvalue weighted by Gasteiger charge is -2.24. The van der Waals surface area contributed by atoms with Crippen LogP contribution in [0.2, 0.25) is 0 Å². The van der Waals surface area contributed by atoms with Crippen molar-refractivity contribution in [3.63, 3.8) is 0 Å². The topological polar surface area (TPSA) is 64.1 Å². The number of aliphatic hydroxyl groups excluding tert-OH is 1. The van der Waals surface area contributed by atoms with E-state index in [1.807, 2.05) is 20.9 Å². The Morgan fingerprint density at radius 3 is 2.62 bits per heavy atom. The van der Waals surface area contributed by atoms with Crippen molar-refractivity contribution in [3.05, 3.63) is 17.5 Å². The van der Waals surface area contributed by atoms with E-state index in [4.69, 9.17) is 5.73 Å². The van der Waals surface area contributed by atoms with Crippen molar-refractivity contribution in [2.75, 3.05) is 13.2 Å². The molecule has 4 nitrogen and oxygen atoms in total. The normalized spacial score (nSPS) is 15.8. The quantitative estimate of drug-likeness (QED) is 0.690. The highest BCUT2D eigenvalue weighted by atomic mass is 16.3. The van der Waals surface area contributed by atoms with Crippen LogP contribution in [0.25, 0.3) is 0 Å². The van der Waals surface area contributed by atoms with Gasteiger partial charge in [-0.05, 0) is 6.92 Å². The molecule has 0 aliphatic rings. The zero-order valence-electron chi connectivity index (χ0n) is 8.41. The second-order valence-corrected chi connectivity index (χ2v) is 3.69. The standard InChI is InChI=1S/C9H17N3O/c1-7-8(4-11-12(7)3)9(2,5-10)6-13/h4,13H,5-6,10H2,1-3H3. The summed E-state index contributed by atoms with van der Waals surface area (Å²) >= 11 is 0. The van der Waals surface area contributed by atoms with Gasteiger partial charge in [0.25, 0.3) is 0 Å². The van der Waals surface area contributed by atoms with Gasteiger partial charge in [0, 0.05) is 30.3 Å². The molecular formula is C9H17N3O. The second-order valence-electron chi connectivity index (χ2n) is 3.69. The lowest BCUT2D eigenvalue weighted by atomic mass is 9.84. The first-order chi connectivity index (χ1) is 6.05. The van der Waals surface area contributed by atoms with E-state index in [2.05, 4.69) is 5.10 Å². The fourth-order valence-corrected chi connectivity index (χ4v) is 1.35. The molecule has 0 spiro atoms. The molecule has 0 aliphatic heterocycles. The maximum Gasteiger partial charge on any atom is 0.0538 e. The minimum atomic E-state index is -0.363. The monoisotopic (exact) mass is 183 g/mol.